The molecule has 0 bridgehead atoms. The summed E-state index contributed by atoms with van der Waals surface area (Å²) in [5.41, 5.74) is 0. The van der Waals surface area contributed by atoms with Gasteiger partial charge in [0.05, 0.1) is 26.4 Å². The van der Waals surface area contributed by atoms with Crippen molar-refractivity contribution >= 4 is 19.8 Å². The molecule has 0 radical (unpaired) electrons. The first-order valence-corrected chi connectivity index (χ1v) is 15.6. The molecule has 0 saturated carbocycles. The maximum Gasteiger partial charge on any atom is 0.472 e. The number of rotatable bonds is 26. The summed E-state index contributed by atoms with van der Waals surface area (Å²) in [6.45, 7) is 1.49. The second-order valence-electron chi connectivity index (χ2n) is 9.34. The molecule has 0 aliphatic heterocycles. The third kappa shape index (κ3) is 22.7. The standard InChI is InChI=1S/C27H51O10P/c1-3-5-6-7-8-9-10-11-12-13-14-15-16-17-18-19-27(31)37-25(21-29)23-35-38(32,33)34-22-24(20-28)36-26(30)4-2/h11-12,24-25,28-29H,3-10,13-23H2,1-2H3,(H,32,33)/b12-11-. The number of carbonyl (C=O) groups is 2. The van der Waals surface area contributed by atoms with Gasteiger partial charge in [0.25, 0.3) is 0 Å². The number of phosphoric ester groups is 1. The Labute approximate surface area is 228 Å². The first kappa shape index (κ1) is 36.7. The monoisotopic (exact) mass is 566 g/mol. The van der Waals surface area contributed by atoms with Crippen molar-refractivity contribution in [2.45, 2.75) is 122 Å². The van der Waals surface area contributed by atoms with Gasteiger partial charge in [0.2, 0.25) is 0 Å². The Hall–Kier alpha value is -1.29. The quantitative estimate of drug-likeness (QED) is 0.0539. The predicted molar refractivity (Wildman–Crippen MR) is 145 cm³/mol. The predicted octanol–water partition coefficient (Wildman–Crippen LogP) is 5.38. The highest BCUT2D eigenvalue weighted by Crippen LogP contribution is 2.43. The average molecular weight is 567 g/mol. The summed E-state index contributed by atoms with van der Waals surface area (Å²) < 4.78 is 31.4. The topological polar surface area (TPSA) is 149 Å². The van der Waals surface area contributed by atoms with Gasteiger partial charge in [-0.05, 0) is 32.1 Å². The number of aliphatic hydroxyl groups is 2. The molecule has 0 heterocycles. The number of hydrogen-bond donors (Lipinski definition) is 3. The van der Waals surface area contributed by atoms with Crippen LogP contribution in [0.5, 0.6) is 0 Å². The Kier molecular flexibility index (Phi) is 23.9. The van der Waals surface area contributed by atoms with E-state index in [-0.39, 0.29) is 12.8 Å². The molecular weight excluding hydrogens is 515 g/mol. The number of ether oxygens (including phenoxy) is 2. The maximum atomic E-state index is 12.0. The summed E-state index contributed by atoms with van der Waals surface area (Å²) in [7, 11) is -4.59. The molecule has 3 unspecified atom stereocenters. The zero-order valence-electron chi connectivity index (χ0n) is 23.4. The largest absolute Gasteiger partial charge is 0.472 e. The zero-order chi connectivity index (χ0) is 28.5. The van der Waals surface area contributed by atoms with Gasteiger partial charge in [-0.3, -0.25) is 18.6 Å². The van der Waals surface area contributed by atoms with E-state index < -0.39 is 58.4 Å². The van der Waals surface area contributed by atoms with E-state index in [0.717, 1.165) is 38.5 Å². The summed E-state index contributed by atoms with van der Waals surface area (Å²) in [5, 5.41) is 18.6. The summed E-state index contributed by atoms with van der Waals surface area (Å²) in [5.74, 6) is -1.12. The summed E-state index contributed by atoms with van der Waals surface area (Å²) in [6.07, 6.45) is 17.5. The Morgan fingerprint density at radius 2 is 1.16 bits per heavy atom. The van der Waals surface area contributed by atoms with E-state index in [1.165, 1.54) is 38.5 Å². The molecule has 0 amide bonds. The molecule has 0 spiro atoms. The molecule has 0 aliphatic rings. The van der Waals surface area contributed by atoms with Crippen LogP contribution in [-0.4, -0.2) is 65.7 Å². The summed E-state index contributed by atoms with van der Waals surface area (Å²) >= 11 is 0. The van der Waals surface area contributed by atoms with Crippen LogP contribution in [0, 0.1) is 0 Å². The Bertz CT molecular complexity index is 670. The van der Waals surface area contributed by atoms with Crippen LogP contribution >= 0.6 is 7.82 Å². The van der Waals surface area contributed by atoms with E-state index in [1.807, 2.05) is 0 Å². The fourth-order valence-electron chi connectivity index (χ4n) is 3.49. The van der Waals surface area contributed by atoms with Crippen molar-refractivity contribution in [3.8, 4) is 0 Å². The van der Waals surface area contributed by atoms with Gasteiger partial charge in [-0.2, -0.15) is 0 Å². The van der Waals surface area contributed by atoms with Gasteiger partial charge in [0, 0.05) is 12.8 Å². The SMILES string of the molecule is CCCCCCCC/C=C\CCCCCCCC(=O)OC(CO)COP(=O)(O)OCC(CO)OC(=O)CC. The smallest absolute Gasteiger partial charge is 0.457 e. The molecular formula is C27H51O10P. The van der Waals surface area contributed by atoms with Crippen molar-refractivity contribution in [2.75, 3.05) is 26.4 Å². The molecule has 0 aromatic heterocycles. The first-order chi connectivity index (χ1) is 18.3. The summed E-state index contributed by atoms with van der Waals surface area (Å²) in [6, 6.07) is 0. The van der Waals surface area contributed by atoms with Gasteiger partial charge in [0.1, 0.15) is 12.2 Å². The number of allylic oxidation sites excluding steroid dienone is 2. The molecule has 0 aliphatic carbocycles. The van der Waals surface area contributed by atoms with Crippen LogP contribution in [0.4, 0.5) is 0 Å². The molecule has 0 aromatic rings. The zero-order valence-corrected chi connectivity index (χ0v) is 24.3. The average Bonchev–Trinajstić information content (AvgIpc) is 2.90. The highest BCUT2D eigenvalue weighted by Gasteiger charge is 2.27. The molecule has 224 valence electrons. The van der Waals surface area contributed by atoms with Crippen LogP contribution in [0.15, 0.2) is 12.2 Å². The minimum absolute atomic E-state index is 0.0737. The number of unbranched alkanes of at least 4 members (excludes halogenated alkanes) is 11. The van der Waals surface area contributed by atoms with Crippen molar-refractivity contribution in [1.82, 2.24) is 0 Å². The van der Waals surface area contributed by atoms with Gasteiger partial charge in [-0.1, -0.05) is 77.4 Å². The molecule has 0 fully saturated rings. The van der Waals surface area contributed by atoms with E-state index >= 15 is 0 Å². The minimum atomic E-state index is -4.59. The lowest BCUT2D eigenvalue weighted by atomic mass is 10.1. The fraction of sp³-hybridized carbons (Fsp3) is 0.852. The van der Waals surface area contributed by atoms with Crippen molar-refractivity contribution < 1.29 is 47.8 Å². The Morgan fingerprint density at radius 3 is 1.63 bits per heavy atom. The third-order valence-electron chi connectivity index (χ3n) is 5.78. The maximum absolute atomic E-state index is 12.0. The van der Waals surface area contributed by atoms with E-state index in [9.17, 15) is 24.2 Å². The van der Waals surface area contributed by atoms with Crippen molar-refractivity contribution in [3.05, 3.63) is 12.2 Å². The fourth-order valence-corrected chi connectivity index (χ4v) is 4.28. The lowest BCUT2D eigenvalue weighted by Crippen LogP contribution is -2.28. The number of aliphatic hydroxyl groups excluding tert-OH is 2. The van der Waals surface area contributed by atoms with Gasteiger partial charge in [-0.25, -0.2) is 4.57 Å². The highest BCUT2D eigenvalue weighted by atomic mass is 31.2. The van der Waals surface area contributed by atoms with Crippen LogP contribution in [0.3, 0.4) is 0 Å². The number of hydrogen-bond acceptors (Lipinski definition) is 9. The molecule has 0 rings (SSSR count). The van der Waals surface area contributed by atoms with Crippen LogP contribution in [0.2, 0.25) is 0 Å². The molecule has 38 heavy (non-hydrogen) atoms. The van der Waals surface area contributed by atoms with Gasteiger partial charge in [-0.15, -0.1) is 0 Å². The number of esters is 2. The van der Waals surface area contributed by atoms with E-state index in [2.05, 4.69) is 19.1 Å². The lowest BCUT2D eigenvalue weighted by molar-refractivity contribution is -0.153. The van der Waals surface area contributed by atoms with Crippen molar-refractivity contribution in [3.63, 3.8) is 0 Å². The third-order valence-corrected chi connectivity index (χ3v) is 6.73. The molecule has 10 nitrogen and oxygen atoms in total. The van der Waals surface area contributed by atoms with Gasteiger partial charge >= 0.3 is 19.8 Å². The first-order valence-electron chi connectivity index (χ1n) is 14.1. The summed E-state index contributed by atoms with van der Waals surface area (Å²) in [4.78, 5) is 33.0. The molecule has 11 heteroatoms. The van der Waals surface area contributed by atoms with E-state index in [1.54, 1.807) is 6.92 Å². The molecule has 0 saturated heterocycles. The van der Waals surface area contributed by atoms with Crippen molar-refractivity contribution in [2.24, 2.45) is 0 Å². The van der Waals surface area contributed by atoms with Gasteiger partial charge < -0.3 is 24.6 Å². The number of carbonyl (C=O) groups excluding carboxylic acids is 2. The van der Waals surface area contributed by atoms with Crippen molar-refractivity contribution in [1.29, 1.82) is 0 Å². The van der Waals surface area contributed by atoms with Gasteiger partial charge in [0.15, 0.2) is 0 Å². The highest BCUT2D eigenvalue weighted by molar-refractivity contribution is 7.47. The second kappa shape index (κ2) is 24.7. The minimum Gasteiger partial charge on any atom is -0.457 e. The van der Waals surface area contributed by atoms with Crippen LogP contribution < -0.4 is 0 Å². The number of phosphoric acid groups is 1. The van der Waals surface area contributed by atoms with Crippen LogP contribution in [-0.2, 0) is 32.7 Å². The Balaban J connectivity index is 3.90. The Morgan fingerprint density at radius 1 is 0.711 bits per heavy atom. The second-order valence-corrected chi connectivity index (χ2v) is 10.8. The lowest BCUT2D eigenvalue weighted by Gasteiger charge is -2.20. The van der Waals surface area contributed by atoms with Crippen LogP contribution in [0.25, 0.3) is 0 Å². The van der Waals surface area contributed by atoms with Crippen LogP contribution in [0.1, 0.15) is 110 Å². The van der Waals surface area contributed by atoms with E-state index in [4.69, 9.17) is 23.6 Å². The molecule has 3 N–H and O–H groups in total. The van der Waals surface area contributed by atoms with E-state index in [0.29, 0.717) is 6.42 Å². The molecule has 0 aromatic carbocycles. The normalized spacial score (nSPS) is 14.8. The molecule has 3 atom stereocenters.